The summed E-state index contributed by atoms with van der Waals surface area (Å²) in [5, 5.41) is 0. The predicted molar refractivity (Wildman–Crippen MR) is 81.0 cm³/mol. The molecule has 0 radical (unpaired) electrons. The first-order valence-electron chi connectivity index (χ1n) is 7.39. The number of rotatable bonds is 3. The van der Waals surface area contributed by atoms with E-state index in [1.54, 1.807) is 18.2 Å². The minimum Gasteiger partial charge on any atom is -0.492 e. The molecule has 1 aliphatic heterocycles. The van der Waals surface area contributed by atoms with Gasteiger partial charge < -0.3 is 15.4 Å². The summed E-state index contributed by atoms with van der Waals surface area (Å²) in [6, 6.07) is 5.89. The van der Waals surface area contributed by atoms with E-state index in [1.165, 1.54) is 6.42 Å². The van der Waals surface area contributed by atoms with Gasteiger partial charge in [-0.05, 0) is 58.2 Å². The van der Waals surface area contributed by atoms with Gasteiger partial charge in [-0.25, -0.2) is 0 Å². The van der Waals surface area contributed by atoms with Gasteiger partial charge in [0.25, 0.3) is 5.91 Å². The van der Waals surface area contributed by atoms with Crippen LogP contribution in [0.1, 0.15) is 50.4 Å². The van der Waals surface area contributed by atoms with Gasteiger partial charge in [-0.2, -0.15) is 0 Å². The molecule has 0 bridgehead atoms. The quantitative estimate of drug-likeness (QED) is 0.863. The van der Waals surface area contributed by atoms with E-state index in [2.05, 4.69) is 13.8 Å². The highest BCUT2D eigenvalue weighted by atomic mass is 16.5. The monoisotopic (exact) mass is 276 g/mol. The zero-order valence-corrected chi connectivity index (χ0v) is 12.6. The van der Waals surface area contributed by atoms with Crippen molar-refractivity contribution >= 4 is 11.6 Å². The van der Waals surface area contributed by atoms with Crippen molar-refractivity contribution in [1.82, 2.24) is 4.90 Å². The Morgan fingerprint density at radius 1 is 1.35 bits per heavy atom. The number of carbonyl (C=O) groups excluding carboxylic acids is 1. The van der Waals surface area contributed by atoms with Crippen LogP contribution in [0, 0.1) is 0 Å². The Hall–Kier alpha value is -1.71. The SMILES string of the molecule is CCOc1ccc(C(=O)N2[C@@H](C)CCC[C@@H]2C)cc1N. The highest BCUT2D eigenvalue weighted by Gasteiger charge is 2.29. The fraction of sp³-hybridized carbons (Fsp3) is 0.562. The van der Waals surface area contributed by atoms with Crippen LogP contribution in [-0.4, -0.2) is 29.5 Å². The van der Waals surface area contributed by atoms with Gasteiger partial charge in [0.2, 0.25) is 0 Å². The lowest BCUT2D eigenvalue weighted by atomic mass is 9.96. The molecule has 1 aromatic rings. The number of likely N-dealkylation sites (tertiary alicyclic amines) is 1. The van der Waals surface area contributed by atoms with E-state index in [0.29, 0.717) is 35.7 Å². The third-order valence-electron chi connectivity index (χ3n) is 3.98. The number of ether oxygens (including phenoxy) is 1. The molecule has 0 aliphatic carbocycles. The average molecular weight is 276 g/mol. The second kappa shape index (κ2) is 6.16. The second-order valence-corrected chi connectivity index (χ2v) is 5.53. The van der Waals surface area contributed by atoms with Crippen LogP contribution in [-0.2, 0) is 0 Å². The number of benzene rings is 1. The molecular weight excluding hydrogens is 252 g/mol. The topological polar surface area (TPSA) is 55.6 Å². The third-order valence-corrected chi connectivity index (χ3v) is 3.98. The van der Waals surface area contributed by atoms with Crippen molar-refractivity contribution in [3.8, 4) is 5.75 Å². The van der Waals surface area contributed by atoms with E-state index in [-0.39, 0.29) is 5.91 Å². The largest absolute Gasteiger partial charge is 0.492 e. The van der Waals surface area contributed by atoms with E-state index in [9.17, 15) is 4.79 Å². The zero-order chi connectivity index (χ0) is 14.7. The minimum atomic E-state index is 0.0689. The number of carbonyl (C=O) groups is 1. The predicted octanol–water partition coefficient (Wildman–Crippen LogP) is 3.07. The highest BCUT2D eigenvalue weighted by Crippen LogP contribution is 2.27. The van der Waals surface area contributed by atoms with Crippen molar-refractivity contribution in [3.05, 3.63) is 23.8 Å². The number of nitrogen functional groups attached to an aromatic ring is 1. The van der Waals surface area contributed by atoms with Crippen LogP contribution in [0.3, 0.4) is 0 Å². The molecule has 4 nitrogen and oxygen atoms in total. The number of hydrogen-bond donors (Lipinski definition) is 1. The summed E-state index contributed by atoms with van der Waals surface area (Å²) >= 11 is 0. The number of nitrogens with zero attached hydrogens (tertiary/aromatic N) is 1. The summed E-state index contributed by atoms with van der Waals surface area (Å²) in [5.41, 5.74) is 7.12. The van der Waals surface area contributed by atoms with Crippen LogP contribution in [0.25, 0.3) is 0 Å². The molecule has 1 amide bonds. The lowest BCUT2D eigenvalue weighted by molar-refractivity contribution is 0.0511. The maximum absolute atomic E-state index is 12.7. The molecule has 4 heteroatoms. The summed E-state index contributed by atoms with van der Waals surface area (Å²) in [7, 11) is 0. The van der Waals surface area contributed by atoms with Crippen molar-refractivity contribution < 1.29 is 9.53 Å². The molecule has 2 N–H and O–H groups in total. The molecule has 1 aliphatic rings. The van der Waals surface area contributed by atoms with Crippen LogP contribution >= 0.6 is 0 Å². The first kappa shape index (κ1) is 14.7. The Labute approximate surface area is 120 Å². The molecule has 110 valence electrons. The van der Waals surface area contributed by atoms with Gasteiger partial charge in [-0.15, -0.1) is 0 Å². The van der Waals surface area contributed by atoms with Crippen LogP contribution in [0.15, 0.2) is 18.2 Å². The van der Waals surface area contributed by atoms with Gasteiger partial charge >= 0.3 is 0 Å². The second-order valence-electron chi connectivity index (χ2n) is 5.53. The molecule has 1 heterocycles. The van der Waals surface area contributed by atoms with Crippen LogP contribution in [0.4, 0.5) is 5.69 Å². The molecule has 0 saturated carbocycles. The fourth-order valence-corrected chi connectivity index (χ4v) is 2.94. The Morgan fingerprint density at radius 3 is 2.55 bits per heavy atom. The molecule has 2 rings (SSSR count). The molecule has 1 fully saturated rings. The van der Waals surface area contributed by atoms with Crippen molar-refractivity contribution in [3.63, 3.8) is 0 Å². The van der Waals surface area contributed by atoms with Crippen molar-refractivity contribution in [2.75, 3.05) is 12.3 Å². The molecule has 0 spiro atoms. The lowest BCUT2D eigenvalue weighted by Crippen LogP contribution is -2.47. The Morgan fingerprint density at radius 2 is 2.00 bits per heavy atom. The van der Waals surface area contributed by atoms with Gasteiger partial charge in [0.05, 0.1) is 12.3 Å². The average Bonchev–Trinajstić information content (AvgIpc) is 2.41. The summed E-state index contributed by atoms with van der Waals surface area (Å²) in [6.07, 6.45) is 3.34. The van der Waals surface area contributed by atoms with Crippen LogP contribution in [0.5, 0.6) is 5.75 Å². The normalized spacial score (nSPS) is 22.6. The molecule has 1 saturated heterocycles. The smallest absolute Gasteiger partial charge is 0.254 e. The fourth-order valence-electron chi connectivity index (χ4n) is 2.94. The molecule has 20 heavy (non-hydrogen) atoms. The van der Waals surface area contributed by atoms with E-state index < -0.39 is 0 Å². The third kappa shape index (κ3) is 2.89. The minimum absolute atomic E-state index is 0.0689. The molecule has 0 unspecified atom stereocenters. The van der Waals surface area contributed by atoms with E-state index >= 15 is 0 Å². The van der Waals surface area contributed by atoms with Gasteiger partial charge in [0.15, 0.2) is 0 Å². The number of hydrogen-bond acceptors (Lipinski definition) is 3. The van der Waals surface area contributed by atoms with Crippen molar-refractivity contribution in [2.24, 2.45) is 0 Å². The van der Waals surface area contributed by atoms with Crippen LogP contribution in [0.2, 0.25) is 0 Å². The van der Waals surface area contributed by atoms with E-state index in [4.69, 9.17) is 10.5 Å². The van der Waals surface area contributed by atoms with Gasteiger partial charge in [-0.3, -0.25) is 4.79 Å². The molecule has 1 aromatic carbocycles. The van der Waals surface area contributed by atoms with Gasteiger partial charge in [0, 0.05) is 17.6 Å². The summed E-state index contributed by atoms with van der Waals surface area (Å²) in [4.78, 5) is 14.7. The standard InChI is InChI=1S/C16H24N2O2/c1-4-20-15-9-8-13(10-14(15)17)16(19)18-11(2)6-5-7-12(18)3/h8-12H,4-7,17H2,1-3H3/t11-,12-/m0/s1. The number of anilines is 1. The van der Waals surface area contributed by atoms with E-state index in [0.717, 1.165) is 12.8 Å². The van der Waals surface area contributed by atoms with Crippen molar-refractivity contribution in [2.45, 2.75) is 52.1 Å². The number of piperidine rings is 1. The Kier molecular flexibility index (Phi) is 4.53. The first-order valence-corrected chi connectivity index (χ1v) is 7.39. The van der Waals surface area contributed by atoms with Gasteiger partial charge in [-0.1, -0.05) is 0 Å². The maximum atomic E-state index is 12.7. The molecular formula is C16H24N2O2. The molecule has 0 aromatic heterocycles. The zero-order valence-electron chi connectivity index (χ0n) is 12.6. The van der Waals surface area contributed by atoms with Crippen LogP contribution < -0.4 is 10.5 Å². The first-order chi connectivity index (χ1) is 9.54. The van der Waals surface area contributed by atoms with Crippen molar-refractivity contribution in [1.29, 1.82) is 0 Å². The maximum Gasteiger partial charge on any atom is 0.254 e. The van der Waals surface area contributed by atoms with E-state index in [1.807, 2.05) is 11.8 Å². The summed E-state index contributed by atoms with van der Waals surface area (Å²) < 4.78 is 5.41. The van der Waals surface area contributed by atoms with Gasteiger partial charge in [0.1, 0.15) is 5.75 Å². The molecule has 2 atom stereocenters. The number of amides is 1. The summed E-state index contributed by atoms with van der Waals surface area (Å²) in [5.74, 6) is 0.711. The number of nitrogens with two attached hydrogens (primary N) is 1. The Bertz CT molecular complexity index is 477. The highest BCUT2D eigenvalue weighted by molar-refractivity contribution is 5.96. The Balaban J connectivity index is 2.22. The summed E-state index contributed by atoms with van der Waals surface area (Å²) in [6.45, 7) is 6.71. The lowest BCUT2D eigenvalue weighted by Gasteiger charge is -2.39.